The lowest BCUT2D eigenvalue weighted by Crippen LogP contribution is -2.42. The fraction of sp³-hybridized carbons (Fsp3) is 1.00. The van der Waals surface area contributed by atoms with Crippen molar-refractivity contribution in [2.45, 2.75) is 57.9 Å². The van der Waals surface area contributed by atoms with E-state index >= 15 is 0 Å². The average molecular weight is 233 g/mol. The summed E-state index contributed by atoms with van der Waals surface area (Å²) in [5.41, 5.74) is -0.0860. The molecule has 15 heavy (non-hydrogen) atoms. The zero-order valence-electron chi connectivity index (χ0n) is 11.3. The van der Waals surface area contributed by atoms with Gasteiger partial charge in [0.2, 0.25) is 0 Å². The molecule has 1 N–H and O–H groups in total. The summed E-state index contributed by atoms with van der Waals surface area (Å²) in [5.74, 6) is 0. The molecule has 2 nitrogen and oxygen atoms in total. The molecule has 0 saturated carbocycles. The van der Waals surface area contributed by atoms with Gasteiger partial charge in [-0.2, -0.15) is 11.8 Å². The van der Waals surface area contributed by atoms with E-state index in [0.717, 1.165) is 13.2 Å². The van der Waals surface area contributed by atoms with E-state index < -0.39 is 0 Å². The van der Waals surface area contributed by atoms with Crippen LogP contribution in [0.5, 0.6) is 0 Å². The highest BCUT2D eigenvalue weighted by Gasteiger charge is 2.24. The minimum absolute atomic E-state index is 0.0860. The molecule has 0 aliphatic heterocycles. The Balaban J connectivity index is 3.93. The van der Waals surface area contributed by atoms with Gasteiger partial charge in [0.25, 0.3) is 0 Å². The van der Waals surface area contributed by atoms with Crippen molar-refractivity contribution in [3.8, 4) is 0 Å². The molecule has 0 aromatic carbocycles. The van der Waals surface area contributed by atoms with Crippen molar-refractivity contribution < 1.29 is 4.74 Å². The fourth-order valence-corrected chi connectivity index (χ4v) is 1.11. The van der Waals surface area contributed by atoms with Gasteiger partial charge in [-0.05, 0) is 34.0 Å². The van der Waals surface area contributed by atoms with Crippen molar-refractivity contribution in [1.29, 1.82) is 0 Å². The summed E-state index contributed by atoms with van der Waals surface area (Å²) >= 11 is 1.85. The molecule has 0 aliphatic carbocycles. The van der Waals surface area contributed by atoms with Gasteiger partial charge in [0.15, 0.2) is 0 Å². The number of thioether (sulfide) groups is 1. The molecular formula is C12H27NOS. The predicted octanol–water partition coefficient (Wildman–Crippen LogP) is 2.92. The third kappa shape index (κ3) is 8.12. The molecule has 0 atom stereocenters. The quantitative estimate of drug-likeness (QED) is 0.730. The van der Waals surface area contributed by atoms with Gasteiger partial charge < -0.3 is 10.1 Å². The standard InChI is InChI=1S/C12H27NOS/c1-10(2)13-8-11(3,4)14-9-12(5,6)15-7/h10,13H,8-9H2,1-7H3. The predicted molar refractivity (Wildman–Crippen MR) is 70.8 cm³/mol. The Morgan fingerprint density at radius 3 is 2.13 bits per heavy atom. The molecule has 0 heterocycles. The Morgan fingerprint density at radius 1 is 1.20 bits per heavy atom. The Morgan fingerprint density at radius 2 is 1.73 bits per heavy atom. The first kappa shape index (κ1) is 15.3. The van der Waals surface area contributed by atoms with Crippen molar-refractivity contribution in [3.05, 3.63) is 0 Å². The van der Waals surface area contributed by atoms with E-state index in [1.54, 1.807) is 0 Å². The minimum Gasteiger partial charge on any atom is -0.373 e. The van der Waals surface area contributed by atoms with Crippen molar-refractivity contribution in [2.24, 2.45) is 0 Å². The number of nitrogens with one attached hydrogen (secondary N) is 1. The van der Waals surface area contributed by atoms with Gasteiger partial charge in [-0.3, -0.25) is 0 Å². The van der Waals surface area contributed by atoms with Crippen LogP contribution in [0.1, 0.15) is 41.5 Å². The lowest BCUT2D eigenvalue weighted by molar-refractivity contribution is -0.0248. The lowest BCUT2D eigenvalue weighted by atomic mass is 10.1. The summed E-state index contributed by atoms with van der Waals surface area (Å²) in [7, 11) is 0. The first-order valence-electron chi connectivity index (χ1n) is 5.61. The molecule has 0 aliphatic rings. The second-order valence-electron chi connectivity index (χ2n) is 5.55. The Hall–Kier alpha value is 0.270. The molecule has 92 valence electrons. The van der Waals surface area contributed by atoms with Gasteiger partial charge in [-0.15, -0.1) is 0 Å². The van der Waals surface area contributed by atoms with E-state index in [1.807, 2.05) is 11.8 Å². The largest absolute Gasteiger partial charge is 0.373 e. The van der Waals surface area contributed by atoms with Gasteiger partial charge >= 0.3 is 0 Å². The number of hydrogen-bond acceptors (Lipinski definition) is 3. The fourth-order valence-electron chi connectivity index (χ4n) is 0.929. The maximum Gasteiger partial charge on any atom is 0.0751 e. The molecule has 0 aromatic rings. The van der Waals surface area contributed by atoms with E-state index in [9.17, 15) is 0 Å². The highest BCUT2D eigenvalue weighted by Crippen LogP contribution is 2.23. The van der Waals surface area contributed by atoms with Crippen LogP contribution in [0.15, 0.2) is 0 Å². The molecule has 0 fully saturated rings. The molecule has 0 unspecified atom stereocenters. The highest BCUT2D eigenvalue weighted by atomic mass is 32.2. The number of rotatable bonds is 7. The van der Waals surface area contributed by atoms with E-state index in [-0.39, 0.29) is 10.3 Å². The molecule has 0 rings (SSSR count). The van der Waals surface area contributed by atoms with Gasteiger partial charge in [-0.25, -0.2) is 0 Å². The Kier molecular flexibility index (Phi) is 6.23. The Bertz CT molecular complexity index is 178. The summed E-state index contributed by atoms with van der Waals surface area (Å²) in [6.07, 6.45) is 2.13. The van der Waals surface area contributed by atoms with Gasteiger partial charge in [0.1, 0.15) is 0 Å². The summed E-state index contributed by atoms with van der Waals surface area (Å²) in [6.45, 7) is 14.7. The minimum atomic E-state index is -0.0860. The zero-order chi connectivity index (χ0) is 12.1. The second-order valence-corrected chi connectivity index (χ2v) is 7.06. The van der Waals surface area contributed by atoms with Crippen molar-refractivity contribution in [3.63, 3.8) is 0 Å². The van der Waals surface area contributed by atoms with Crippen LogP contribution < -0.4 is 5.32 Å². The number of hydrogen-bond donors (Lipinski definition) is 1. The average Bonchev–Trinajstić information content (AvgIpc) is 2.13. The van der Waals surface area contributed by atoms with Crippen LogP contribution in [-0.2, 0) is 4.74 Å². The smallest absolute Gasteiger partial charge is 0.0751 e. The maximum atomic E-state index is 5.95. The second kappa shape index (κ2) is 6.12. The molecule has 0 spiro atoms. The van der Waals surface area contributed by atoms with Crippen LogP contribution in [0.3, 0.4) is 0 Å². The summed E-state index contributed by atoms with van der Waals surface area (Å²) in [6, 6.07) is 0.515. The summed E-state index contributed by atoms with van der Waals surface area (Å²) in [5, 5.41) is 3.41. The molecule has 0 amide bonds. The van der Waals surface area contributed by atoms with E-state index in [4.69, 9.17) is 4.74 Å². The molecule has 0 radical (unpaired) electrons. The van der Waals surface area contributed by atoms with Crippen LogP contribution in [0, 0.1) is 0 Å². The SMILES string of the molecule is CSC(C)(C)COC(C)(C)CNC(C)C. The lowest BCUT2D eigenvalue weighted by Gasteiger charge is -2.31. The topological polar surface area (TPSA) is 21.3 Å². The molecule has 0 saturated heterocycles. The monoisotopic (exact) mass is 233 g/mol. The van der Waals surface area contributed by atoms with Crippen LogP contribution in [0.25, 0.3) is 0 Å². The normalized spacial score (nSPS) is 13.6. The third-order valence-electron chi connectivity index (χ3n) is 2.30. The molecule has 0 bridgehead atoms. The van der Waals surface area contributed by atoms with Gasteiger partial charge in [-0.1, -0.05) is 13.8 Å². The van der Waals surface area contributed by atoms with Gasteiger partial charge in [0.05, 0.1) is 12.2 Å². The van der Waals surface area contributed by atoms with Crippen LogP contribution in [0.2, 0.25) is 0 Å². The van der Waals surface area contributed by atoms with Crippen molar-refractivity contribution in [2.75, 3.05) is 19.4 Å². The molecule has 0 aromatic heterocycles. The zero-order valence-corrected chi connectivity index (χ0v) is 12.1. The van der Waals surface area contributed by atoms with Crippen molar-refractivity contribution >= 4 is 11.8 Å². The van der Waals surface area contributed by atoms with Crippen LogP contribution >= 0.6 is 11.8 Å². The highest BCUT2D eigenvalue weighted by molar-refractivity contribution is 7.99. The maximum absolute atomic E-state index is 5.95. The van der Waals surface area contributed by atoms with Crippen molar-refractivity contribution in [1.82, 2.24) is 5.32 Å². The third-order valence-corrected chi connectivity index (χ3v) is 3.52. The van der Waals surface area contributed by atoms with Crippen LogP contribution in [-0.4, -0.2) is 35.8 Å². The van der Waals surface area contributed by atoms with E-state index in [1.165, 1.54) is 0 Å². The molecular weight excluding hydrogens is 206 g/mol. The van der Waals surface area contributed by atoms with Gasteiger partial charge in [0, 0.05) is 17.3 Å². The Labute approximate surface area is 99.5 Å². The van der Waals surface area contributed by atoms with E-state index in [0.29, 0.717) is 6.04 Å². The summed E-state index contributed by atoms with van der Waals surface area (Å²) in [4.78, 5) is 0. The van der Waals surface area contributed by atoms with Crippen LogP contribution in [0.4, 0.5) is 0 Å². The first-order chi connectivity index (χ1) is 6.68. The van der Waals surface area contributed by atoms with E-state index in [2.05, 4.69) is 53.1 Å². The first-order valence-corrected chi connectivity index (χ1v) is 6.83. The molecule has 3 heteroatoms. The number of ether oxygens (including phenoxy) is 1. The summed E-state index contributed by atoms with van der Waals surface area (Å²) < 4.78 is 6.16.